The van der Waals surface area contributed by atoms with Gasteiger partial charge in [0.1, 0.15) is 5.82 Å². The summed E-state index contributed by atoms with van der Waals surface area (Å²) in [7, 11) is 0. The predicted octanol–water partition coefficient (Wildman–Crippen LogP) is 1.37. The molecule has 0 saturated carbocycles. The maximum absolute atomic E-state index is 12.7. The first-order valence-corrected chi connectivity index (χ1v) is 5.92. The van der Waals surface area contributed by atoms with E-state index in [0.29, 0.717) is 5.69 Å². The first-order valence-electron chi connectivity index (χ1n) is 5.92. The number of nitrogens with one attached hydrogen (secondary N) is 2. The Kier molecular flexibility index (Phi) is 5.74. The number of aliphatic hydroxyl groups is 1. The van der Waals surface area contributed by atoms with E-state index in [9.17, 15) is 9.18 Å². The third-order valence-electron chi connectivity index (χ3n) is 2.65. The van der Waals surface area contributed by atoms with Gasteiger partial charge in [-0.15, -0.1) is 0 Å². The summed E-state index contributed by atoms with van der Waals surface area (Å²) in [5.41, 5.74) is 0.549. The Morgan fingerprint density at radius 3 is 2.44 bits per heavy atom. The zero-order valence-electron chi connectivity index (χ0n) is 10.6. The van der Waals surface area contributed by atoms with Crippen LogP contribution in [0.15, 0.2) is 24.3 Å². The van der Waals surface area contributed by atoms with Gasteiger partial charge in [-0.3, -0.25) is 4.79 Å². The average Bonchev–Trinajstić information content (AvgIpc) is 2.32. The highest BCUT2D eigenvalue weighted by Crippen LogP contribution is 2.07. The molecule has 0 heterocycles. The number of aliphatic hydroxyl groups excluding tert-OH is 1. The molecular formula is C13H19FN2O2. The van der Waals surface area contributed by atoms with Crippen LogP contribution < -0.4 is 10.6 Å². The Balaban J connectivity index is 2.40. The molecule has 1 rings (SSSR count). The number of anilines is 1. The lowest BCUT2D eigenvalue weighted by molar-refractivity contribution is -0.115. The van der Waals surface area contributed by atoms with Crippen LogP contribution in [0.3, 0.4) is 0 Å². The van der Waals surface area contributed by atoms with Crippen molar-refractivity contribution in [3.63, 3.8) is 0 Å². The average molecular weight is 254 g/mol. The molecule has 0 bridgehead atoms. The second-order valence-electron chi connectivity index (χ2n) is 4.47. The number of carbonyl (C=O) groups is 1. The van der Waals surface area contributed by atoms with Crippen molar-refractivity contribution in [3.8, 4) is 0 Å². The molecule has 4 nitrogen and oxygen atoms in total. The fourth-order valence-corrected chi connectivity index (χ4v) is 1.47. The normalized spacial score (nSPS) is 12.5. The molecule has 0 aliphatic heterocycles. The van der Waals surface area contributed by atoms with Gasteiger partial charge in [0.15, 0.2) is 0 Å². The molecule has 1 amide bonds. The summed E-state index contributed by atoms with van der Waals surface area (Å²) < 4.78 is 12.7. The second-order valence-corrected chi connectivity index (χ2v) is 4.47. The van der Waals surface area contributed by atoms with Crippen molar-refractivity contribution >= 4 is 11.6 Å². The summed E-state index contributed by atoms with van der Waals surface area (Å²) >= 11 is 0. The Morgan fingerprint density at radius 2 is 1.94 bits per heavy atom. The Bertz CT molecular complexity index is 379. The molecule has 1 aromatic carbocycles. The molecule has 3 N–H and O–H groups in total. The molecule has 100 valence electrons. The SMILES string of the molecule is CC(C)C(CO)NCC(=O)Nc1ccc(F)cc1. The van der Waals surface area contributed by atoms with Crippen molar-refractivity contribution < 1.29 is 14.3 Å². The van der Waals surface area contributed by atoms with Crippen LogP contribution >= 0.6 is 0 Å². The van der Waals surface area contributed by atoms with Gasteiger partial charge in [0.05, 0.1) is 13.2 Å². The fourth-order valence-electron chi connectivity index (χ4n) is 1.47. The molecule has 18 heavy (non-hydrogen) atoms. The van der Waals surface area contributed by atoms with E-state index in [2.05, 4.69) is 10.6 Å². The number of amides is 1. The lowest BCUT2D eigenvalue weighted by Crippen LogP contribution is -2.41. The Hall–Kier alpha value is -1.46. The predicted molar refractivity (Wildman–Crippen MR) is 68.7 cm³/mol. The molecule has 0 saturated heterocycles. The Morgan fingerprint density at radius 1 is 1.33 bits per heavy atom. The van der Waals surface area contributed by atoms with Gasteiger partial charge in [-0.05, 0) is 30.2 Å². The van der Waals surface area contributed by atoms with Gasteiger partial charge in [0, 0.05) is 11.7 Å². The van der Waals surface area contributed by atoms with Gasteiger partial charge in [0.2, 0.25) is 5.91 Å². The van der Waals surface area contributed by atoms with Crippen LogP contribution in [0, 0.1) is 11.7 Å². The number of benzene rings is 1. The molecule has 1 atom stereocenters. The van der Waals surface area contributed by atoms with E-state index in [0.717, 1.165) is 0 Å². The van der Waals surface area contributed by atoms with E-state index < -0.39 is 0 Å². The monoisotopic (exact) mass is 254 g/mol. The van der Waals surface area contributed by atoms with Gasteiger partial charge >= 0.3 is 0 Å². The van der Waals surface area contributed by atoms with Crippen LogP contribution in [-0.4, -0.2) is 30.2 Å². The molecule has 1 unspecified atom stereocenters. The molecular weight excluding hydrogens is 235 g/mol. The second kappa shape index (κ2) is 7.08. The summed E-state index contributed by atoms with van der Waals surface area (Å²) in [6.07, 6.45) is 0. The van der Waals surface area contributed by atoms with Gasteiger partial charge in [-0.25, -0.2) is 4.39 Å². The van der Waals surface area contributed by atoms with Crippen LogP contribution in [-0.2, 0) is 4.79 Å². The van der Waals surface area contributed by atoms with E-state index >= 15 is 0 Å². The zero-order valence-corrected chi connectivity index (χ0v) is 10.6. The highest BCUT2D eigenvalue weighted by atomic mass is 19.1. The first-order chi connectivity index (χ1) is 8.52. The number of halogens is 1. The molecule has 0 aromatic heterocycles. The molecule has 0 radical (unpaired) electrons. The van der Waals surface area contributed by atoms with Crippen LogP contribution in [0.25, 0.3) is 0 Å². The molecule has 0 fully saturated rings. The van der Waals surface area contributed by atoms with Crippen LogP contribution in [0.5, 0.6) is 0 Å². The smallest absolute Gasteiger partial charge is 0.238 e. The minimum Gasteiger partial charge on any atom is -0.395 e. The lowest BCUT2D eigenvalue weighted by Gasteiger charge is -2.19. The summed E-state index contributed by atoms with van der Waals surface area (Å²) in [5, 5.41) is 14.7. The molecule has 0 spiro atoms. The van der Waals surface area contributed by atoms with E-state index in [1.54, 1.807) is 0 Å². The van der Waals surface area contributed by atoms with Crippen molar-refractivity contribution in [2.45, 2.75) is 19.9 Å². The van der Waals surface area contributed by atoms with Gasteiger partial charge in [-0.1, -0.05) is 13.8 Å². The van der Waals surface area contributed by atoms with E-state index in [1.165, 1.54) is 24.3 Å². The maximum Gasteiger partial charge on any atom is 0.238 e. The number of hydrogen-bond acceptors (Lipinski definition) is 3. The van der Waals surface area contributed by atoms with Gasteiger partial charge in [0.25, 0.3) is 0 Å². The lowest BCUT2D eigenvalue weighted by atomic mass is 10.1. The van der Waals surface area contributed by atoms with Crippen molar-refractivity contribution in [2.24, 2.45) is 5.92 Å². The van der Waals surface area contributed by atoms with Gasteiger partial charge < -0.3 is 15.7 Å². The number of carbonyl (C=O) groups excluding carboxylic acids is 1. The largest absolute Gasteiger partial charge is 0.395 e. The summed E-state index contributed by atoms with van der Waals surface area (Å²) in [5.74, 6) is -0.319. The third-order valence-corrected chi connectivity index (χ3v) is 2.65. The van der Waals surface area contributed by atoms with Crippen LogP contribution in [0.2, 0.25) is 0 Å². The highest BCUT2D eigenvalue weighted by molar-refractivity contribution is 5.92. The molecule has 1 aromatic rings. The Labute approximate surface area is 106 Å². The van der Waals surface area contributed by atoms with E-state index in [-0.39, 0.29) is 36.8 Å². The van der Waals surface area contributed by atoms with E-state index in [1.807, 2.05) is 13.8 Å². The fraction of sp³-hybridized carbons (Fsp3) is 0.462. The zero-order chi connectivity index (χ0) is 13.5. The first kappa shape index (κ1) is 14.6. The van der Waals surface area contributed by atoms with Crippen LogP contribution in [0.1, 0.15) is 13.8 Å². The van der Waals surface area contributed by atoms with Crippen LogP contribution in [0.4, 0.5) is 10.1 Å². The minimum absolute atomic E-state index is 0.0124. The topological polar surface area (TPSA) is 61.4 Å². The minimum atomic E-state index is -0.341. The van der Waals surface area contributed by atoms with E-state index in [4.69, 9.17) is 5.11 Å². The summed E-state index contributed by atoms with van der Waals surface area (Å²) in [6, 6.07) is 5.46. The third kappa shape index (κ3) is 4.81. The van der Waals surface area contributed by atoms with Crippen molar-refractivity contribution in [3.05, 3.63) is 30.1 Å². The summed E-state index contributed by atoms with van der Waals surface area (Å²) in [6.45, 7) is 4.03. The maximum atomic E-state index is 12.7. The molecule has 0 aliphatic rings. The number of rotatable bonds is 6. The van der Waals surface area contributed by atoms with Crippen molar-refractivity contribution in [1.29, 1.82) is 0 Å². The standard InChI is InChI=1S/C13H19FN2O2/c1-9(2)12(8-17)15-7-13(18)16-11-5-3-10(14)4-6-11/h3-6,9,12,15,17H,7-8H2,1-2H3,(H,16,18). The molecule has 5 heteroatoms. The van der Waals surface area contributed by atoms with Gasteiger partial charge in [-0.2, -0.15) is 0 Å². The summed E-state index contributed by atoms with van der Waals surface area (Å²) in [4.78, 5) is 11.6. The van der Waals surface area contributed by atoms with Crippen molar-refractivity contribution in [2.75, 3.05) is 18.5 Å². The quantitative estimate of drug-likeness (QED) is 0.718. The van der Waals surface area contributed by atoms with Crippen molar-refractivity contribution in [1.82, 2.24) is 5.32 Å². The molecule has 0 aliphatic carbocycles. The number of hydrogen-bond donors (Lipinski definition) is 3. The highest BCUT2D eigenvalue weighted by Gasteiger charge is 2.12.